The predicted molar refractivity (Wildman–Crippen MR) is 134 cm³/mol. The SMILES string of the molecule is [N-]=[N+]=NCC1(N=[N+]=[N-])CC2=C(C(C=NC(F)F)=CN)[C@H](c3ccc(F)cc3Cl)N=C(c3nccs3)N2C1. The van der Waals surface area contributed by atoms with Crippen molar-refractivity contribution in [1.29, 1.82) is 0 Å². The Morgan fingerprint density at radius 1 is 1.38 bits per heavy atom. The lowest BCUT2D eigenvalue weighted by molar-refractivity contribution is 0.160. The highest BCUT2D eigenvalue weighted by Gasteiger charge is 2.47. The Labute approximate surface area is 216 Å². The first-order chi connectivity index (χ1) is 17.8. The number of hydrogen-bond acceptors (Lipinski definition) is 8. The van der Waals surface area contributed by atoms with E-state index in [2.05, 4.69) is 30.0 Å². The summed E-state index contributed by atoms with van der Waals surface area (Å²) in [6, 6.07) is 2.83. The van der Waals surface area contributed by atoms with Gasteiger partial charge in [-0.1, -0.05) is 27.9 Å². The van der Waals surface area contributed by atoms with Gasteiger partial charge in [0.1, 0.15) is 11.9 Å². The van der Waals surface area contributed by atoms with E-state index in [1.54, 1.807) is 16.5 Å². The Balaban J connectivity index is 2.02. The second kappa shape index (κ2) is 10.9. The predicted octanol–water partition coefficient (Wildman–Crippen LogP) is 5.89. The number of thiazole rings is 1. The largest absolute Gasteiger partial charge is 0.404 e. The van der Waals surface area contributed by atoms with E-state index in [1.807, 2.05) is 0 Å². The molecule has 2 aromatic rings. The van der Waals surface area contributed by atoms with E-state index >= 15 is 0 Å². The number of benzene rings is 1. The van der Waals surface area contributed by atoms with Gasteiger partial charge in [0.25, 0.3) is 0 Å². The van der Waals surface area contributed by atoms with Crippen LogP contribution in [0.4, 0.5) is 13.2 Å². The standard InChI is InChI=1S/C21H17ClF3N11S/c22-14-5-12(23)1-2-13(14)17-16(11(7-26)8-30-20(24)25)15-6-21(33-35-28,9-31-34-27)10-36(15)18(32-17)19-29-3-4-37-19/h1-5,7-8,17,20H,6,9-10,26H2/t17-,21?/m0/s1. The van der Waals surface area contributed by atoms with E-state index in [-0.39, 0.29) is 30.1 Å². The van der Waals surface area contributed by atoms with Gasteiger partial charge in [-0.3, -0.25) is 4.99 Å². The van der Waals surface area contributed by atoms with Crippen LogP contribution in [0.2, 0.25) is 5.02 Å². The topological polar surface area (TPSA) is 164 Å². The van der Waals surface area contributed by atoms with Crippen LogP contribution in [0.15, 0.2) is 73.0 Å². The summed E-state index contributed by atoms with van der Waals surface area (Å²) in [5, 5.41) is 9.88. The Bertz CT molecular complexity index is 1410. The smallest absolute Gasteiger partial charge is 0.331 e. The molecule has 2 N–H and O–H groups in total. The number of fused-ring (bicyclic) bond motifs is 1. The second-order valence-corrected chi connectivity index (χ2v) is 9.26. The first kappa shape index (κ1) is 26.0. The van der Waals surface area contributed by atoms with Crippen LogP contribution in [-0.2, 0) is 0 Å². The average molecular weight is 548 g/mol. The lowest BCUT2D eigenvalue weighted by Gasteiger charge is -2.33. The van der Waals surface area contributed by atoms with Crippen molar-refractivity contribution >= 4 is 35.0 Å². The van der Waals surface area contributed by atoms with E-state index in [0.29, 0.717) is 27.7 Å². The van der Waals surface area contributed by atoms with Crippen molar-refractivity contribution < 1.29 is 13.2 Å². The minimum absolute atomic E-state index is 0.0466. The van der Waals surface area contributed by atoms with E-state index in [9.17, 15) is 18.7 Å². The third kappa shape index (κ3) is 5.25. The summed E-state index contributed by atoms with van der Waals surface area (Å²) in [5.74, 6) is -0.187. The van der Waals surface area contributed by atoms with E-state index < -0.39 is 23.9 Å². The van der Waals surface area contributed by atoms with Crippen LogP contribution in [0.1, 0.15) is 23.0 Å². The summed E-state index contributed by atoms with van der Waals surface area (Å²) in [7, 11) is 0. The minimum Gasteiger partial charge on any atom is -0.404 e. The van der Waals surface area contributed by atoms with Crippen molar-refractivity contribution in [1.82, 2.24) is 9.88 Å². The van der Waals surface area contributed by atoms with Crippen molar-refractivity contribution in [3.8, 4) is 0 Å². The van der Waals surface area contributed by atoms with Gasteiger partial charge in [-0.05, 0) is 28.8 Å². The molecule has 1 unspecified atom stereocenters. The zero-order chi connectivity index (χ0) is 26.6. The lowest BCUT2D eigenvalue weighted by Crippen LogP contribution is -2.38. The van der Waals surface area contributed by atoms with Gasteiger partial charge in [0.2, 0.25) is 0 Å². The zero-order valence-corrected chi connectivity index (χ0v) is 20.4. The van der Waals surface area contributed by atoms with E-state index in [0.717, 1.165) is 18.5 Å². The van der Waals surface area contributed by atoms with Gasteiger partial charge in [-0.15, -0.1) is 11.3 Å². The molecule has 1 saturated heterocycles. The number of hydrogen-bond donors (Lipinski definition) is 1. The summed E-state index contributed by atoms with van der Waals surface area (Å²) >= 11 is 7.70. The van der Waals surface area contributed by atoms with Gasteiger partial charge in [-0.25, -0.2) is 14.4 Å². The van der Waals surface area contributed by atoms with Crippen LogP contribution >= 0.6 is 22.9 Å². The van der Waals surface area contributed by atoms with Crippen molar-refractivity contribution in [2.24, 2.45) is 25.9 Å². The molecule has 0 bridgehead atoms. The summed E-state index contributed by atoms with van der Waals surface area (Å²) in [6.07, 6.45) is 3.64. The number of rotatable bonds is 8. The number of amidine groups is 1. The number of aliphatic imine (C=N–C) groups is 2. The monoisotopic (exact) mass is 547 g/mol. The molecule has 2 aliphatic heterocycles. The van der Waals surface area contributed by atoms with Crippen LogP contribution in [0.5, 0.6) is 0 Å². The molecule has 3 heterocycles. The lowest BCUT2D eigenvalue weighted by atomic mass is 9.88. The number of alkyl halides is 2. The first-order valence-corrected chi connectivity index (χ1v) is 11.8. The summed E-state index contributed by atoms with van der Waals surface area (Å²) in [4.78, 5) is 19.9. The highest BCUT2D eigenvalue weighted by Crippen LogP contribution is 2.47. The maximum atomic E-state index is 13.9. The number of aromatic nitrogens is 1. The molecule has 0 amide bonds. The fraction of sp³-hybridized carbons (Fsp3) is 0.286. The maximum Gasteiger partial charge on any atom is 0.331 e. The Morgan fingerprint density at radius 2 is 2.19 bits per heavy atom. The molecule has 1 aromatic carbocycles. The number of azide groups is 2. The van der Waals surface area contributed by atoms with Gasteiger partial charge in [0, 0.05) is 75.2 Å². The molecule has 2 atom stereocenters. The highest BCUT2D eigenvalue weighted by molar-refractivity contribution is 7.11. The Morgan fingerprint density at radius 3 is 2.81 bits per heavy atom. The molecule has 190 valence electrons. The van der Waals surface area contributed by atoms with E-state index in [4.69, 9.17) is 27.9 Å². The average Bonchev–Trinajstić information content (AvgIpc) is 3.52. The number of nitrogens with two attached hydrogens (primary N) is 1. The molecule has 1 aromatic heterocycles. The summed E-state index contributed by atoms with van der Waals surface area (Å²) in [5.41, 5.74) is 24.2. The summed E-state index contributed by atoms with van der Waals surface area (Å²) < 4.78 is 39.9. The van der Waals surface area contributed by atoms with Gasteiger partial charge in [-0.2, -0.15) is 8.78 Å². The quantitative estimate of drug-likeness (QED) is 0.143. The molecule has 1 fully saturated rings. The zero-order valence-electron chi connectivity index (χ0n) is 18.8. The maximum absolute atomic E-state index is 13.9. The fourth-order valence-electron chi connectivity index (χ4n) is 4.29. The fourth-order valence-corrected chi connectivity index (χ4v) is 5.20. The third-order valence-corrected chi connectivity index (χ3v) is 6.85. The van der Waals surface area contributed by atoms with Crippen LogP contribution < -0.4 is 5.73 Å². The number of halogens is 4. The van der Waals surface area contributed by atoms with Crippen molar-refractivity contribution in [2.45, 2.75) is 24.6 Å². The van der Waals surface area contributed by atoms with Gasteiger partial charge >= 0.3 is 6.55 Å². The van der Waals surface area contributed by atoms with Crippen LogP contribution in [-0.4, -0.2) is 47.1 Å². The molecular weight excluding hydrogens is 531 g/mol. The molecule has 16 heteroatoms. The number of nitrogens with zero attached hydrogens (tertiary/aromatic N) is 10. The minimum atomic E-state index is -3.00. The molecule has 2 aliphatic rings. The highest BCUT2D eigenvalue weighted by atomic mass is 35.5. The Kier molecular flexibility index (Phi) is 7.69. The van der Waals surface area contributed by atoms with Crippen LogP contribution in [0.3, 0.4) is 0 Å². The molecule has 0 aliphatic carbocycles. The second-order valence-electron chi connectivity index (χ2n) is 7.96. The molecule has 37 heavy (non-hydrogen) atoms. The van der Waals surface area contributed by atoms with Gasteiger partial charge in [0.15, 0.2) is 10.8 Å². The van der Waals surface area contributed by atoms with Crippen LogP contribution in [0.25, 0.3) is 20.9 Å². The molecule has 0 spiro atoms. The molecule has 11 nitrogen and oxygen atoms in total. The normalized spacial score (nSPS) is 21.6. The molecular formula is C21H17ClF3N11S. The first-order valence-electron chi connectivity index (χ1n) is 10.6. The van der Waals surface area contributed by atoms with Crippen molar-refractivity contribution in [3.63, 3.8) is 0 Å². The van der Waals surface area contributed by atoms with E-state index in [1.165, 1.54) is 23.5 Å². The van der Waals surface area contributed by atoms with Crippen molar-refractivity contribution in [2.75, 3.05) is 13.1 Å². The molecule has 0 saturated carbocycles. The van der Waals surface area contributed by atoms with Crippen molar-refractivity contribution in [3.05, 3.63) is 95.1 Å². The molecule has 0 radical (unpaired) electrons. The van der Waals surface area contributed by atoms with Crippen LogP contribution in [0, 0.1) is 5.82 Å². The molecule has 4 rings (SSSR count). The summed E-state index contributed by atoms with van der Waals surface area (Å²) in [6.45, 7) is -3.12. The van der Waals surface area contributed by atoms with Gasteiger partial charge < -0.3 is 10.6 Å². The third-order valence-electron chi connectivity index (χ3n) is 5.75. The van der Waals surface area contributed by atoms with Gasteiger partial charge in [0.05, 0.1) is 5.54 Å². The Hall–Kier alpha value is -4.03.